The molecule has 3 aromatic carbocycles. The van der Waals surface area contributed by atoms with E-state index in [1.807, 2.05) is 67.6 Å². The number of hydrogen-bond donors (Lipinski definition) is 1. The Hall–Kier alpha value is -4.17. The van der Waals surface area contributed by atoms with Crippen molar-refractivity contribution >= 4 is 39.8 Å². The van der Waals surface area contributed by atoms with Gasteiger partial charge in [-0.15, -0.1) is 0 Å². The third-order valence-electron chi connectivity index (χ3n) is 6.63. The van der Waals surface area contributed by atoms with Crippen molar-refractivity contribution in [3.05, 3.63) is 101 Å². The van der Waals surface area contributed by atoms with Gasteiger partial charge in [0.25, 0.3) is 5.91 Å². The van der Waals surface area contributed by atoms with E-state index < -0.39 is 5.91 Å². The van der Waals surface area contributed by atoms with Crippen molar-refractivity contribution in [1.82, 2.24) is 5.01 Å². The molecule has 0 fully saturated rings. The van der Waals surface area contributed by atoms with E-state index in [4.69, 9.17) is 14.9 Å². The highest BCUT2D eigenvalue weighted by Crippen LogP contribution is 2.31. The summed E-state index contributed by atoms with van der Waals surface area (Å²) >= 11 is 1.29. The molecule has 39 heavy (non-hydrogen) atoms. The number of nitrogens with zero attached hydrogens (tertiary/aromatic N) is 3. The first-order valence-electron chi connectivity index (χ1n) is 12.9. The number of fused-ring (bicyclic) bond motifs is 1. The maximum Gasteiger partial charge on any atom is 0.283 e. The van der Waals surface area contributed by atoms with Crippen molar-refractivity contribution in [2.75, 3.05) is 13.2 Å². The topological polar surface area (TPSA) is 87.3 Å². The van der Waals surface area contributed by atoms with Gasteiger partial charge in [-0.25, -0.2) is 0 Å². The molecular weight excluding hydrogens is 508 g/mol. The number of aliphatic imine (C=N–C) groups is 1. The number of hydrogen-bond acceptors (Lipinski definition) is 6. The van der Waals surface area contributed by atoms with Gasteiger partial charge in [0.15, 0.2) is 5.84 Å². The molecule has 1 unspecified atom stereocenters. The van der Waals surface area contributed by atoms with Crippen LogP contribution in [-0.4, -0.2) is 40.2 Å². The molecule has 0 radical (unpaired) electrons. The summed E-state index contributed by atoms with van der Waals surface area (Å²) in [4.78, 5) is 16.9. The lowest BCUT2D eigenvalue weighted by Gasteiger charge is -2.20. The summed E-state index contributed by atoms with van der Waals surface area (Å²) in [6, 6.07) is 23.5. The van der Waals surface area contributed by atoms with Gasteiger partial charge in [0.2, 0.25) is 5.17 Å². The molecular formula is C31H30N4O3S. The van der Waals surface area contributed by atoms with Crippen LogP contribution in [0.2, 0.25) is 0 Å². The van der Waals surface area contributed by atoms with E-state index in [0.29, 0.717) is 35.1 Å². The second-order valence-corrected chi connectivity index (χ2v) is 10.4. The molecule has 0 bridgehead atoms. The third kappa shape index (κ3) is 6.12. The van der Waals surface area contributed by atoms with E-state index in [2.05, 4.69) is 36.1 Å². The Morgan fingerprint density at radius 1 is 0.949 bits per heavy atom. The molecule has 1 N–H and O–H groups in total. The number of ether oxygens (including phenoxy) is 2. The van der Waals surface area contributed by atoms with Crippen LogP contribution in [0, 0.1) is 12.3 Å². The quantitative estimate of drug-likeness (QED) is 0.244. The number of carbonyl (C=O) groups is 1. The Morgan fingerprint density at radius 2 is 1.56 bits per heavy atom. The van der Waals surface area contributed by atoms with E-state index in [1.165, 1.54) is 22.3 Å². The number of nitrogens with one attached hydrogen (secondary N) is 1. The van der Waals surface area contributed by atoms with Gasteiger partial charge in [-0.05, 0) is 72.5 Å². The van der Waals surface area contributed by atoms with Gasteiger partial charge in [0.05, 0.1) is 5.57 Å². The van der Waals surface area contributed by atoms with Gasteiger partial charge in [-0.3, -0.25) is 10.2 Å². The molecule has 5 rings (SSSR count). The van der Waals surface area contributed by atoms with Gasteiger partial charge >= 0.3 is 0 Å². The van der Waals surface area contributed by atoms with Crippen molar-refractivity contribution in [3.63, 3.8) is 0 Å². The normalized spacial score (nSPS) is 16.6. The first-order valence-corrected chi connectivity index (χ1v) is 13.8. The van der Waals surface area contributed by atoms with E-state index >= 15 is 0 Å². The maximum absolute atomic E-state index is 12.7. The number of thioether (sulfide) groups is 1. The summed E-state index contributed by atoms with van der Waals surface area (Å²) in [5, 5.41) is 15.7. The second kappa shape index (κ2) is 11.7. The lowest BCUT2D eigenvalue weighted by atomic mass is 9.99. The number of aryl methyl sites for hydroxylation is 1. The zero-order valence-corrected chi connectivity index (χ0v) is 23.0. The van der Waals surface area contributed by atoms with Crippen LogP contribution < -0.4 is 9.47 Å². The smallest absolute Gasteiger partial charge is 0.283 e. The molecule has 0 spiro atoms. The molecule has 3 aromatic rings. The lowest BCUT2D eigenvalue weighted by molar-refractivity contribution is -0.114. The number of rotatable bonds is 9. The third-order valence-corrected chi connectivity index (χ3v) is 7.58. The standard InChI is InChI=1S/C31H30N4O3S/c1-4-21(3)23-11-15-26(16-12-23)38-18-17-37-25-13-7-22(8-14-25)19-27-28(32)35-31(33-29(27)36)39-30(34-35)24-9-5-20(2)6-10-24/h5-16,19,21,32H,4,17-18H2,1-3H3. The number of amides is 1. The van der Waals surface area contributed by atoms with Crippen LogP contribution in [0.1, 0.15) is 48.4 Å². The van der Waals surface area contributed by atoms with Gasteiger partial charge < -0.3 is 9.47 Å². The van der Waals surface area contributed by atoms with Crippen molar-refractivity contribution in [2.24, 2.45) is 10.1 Å². The van der Waals surface area contributed by atoms with Crippen molar-refractivity contribution in [3.8, 4) is 11.5 Å². The Morgan fingerprint density at radius 3 is 2.18 bits per heavy atom. The molecule has 8 heteroatoms. The molecule has 0 aromatic heterocycles. The SMILES string of the molecule is CCC(C)c1ccc(OCCOc2ccc(C=C3C(=N)N4N=C(c5ccc(C)cc5)SC4=NC3=O)cc2)cc1. The number of carbonyl (C=O) groups excluding carboxylic acids is 1. The van der Waals surface area contributed by atoms with E-state index in [0.717, 1.165) is 28.9 Å². The molecule has 1 amide bonds. The van der Waals surface area contributed by atoms with E-state index in [1.54, 1.807) is 6.08 Å². The fourth-order valence-corrected chi connectivity index (χ4v) is 4.98. The predicted octanol–water partition coefficient (Wildman–Crippen LogP) is 6.63. The molecule has 2 heterocycles. The minimum absolute atomic E-state index is 0.00858. The van der Waals surface area contributed by atoms with Crippen LogP contribution in [0.15, 0.2) is 88.5 Å². The predicted molar refractivity (Wildman–Crippen MR) is 158 cm³/mol. The summed E-state index contributed by atoms with van der Waals surface area (Å²) in [7, 11) is 0. The second-order valence-electron chi connectivity index (χ2n) is 9.44. The highest BCUT2D eigenvalue weighted by atomic mass is 32.2. The van der Waals surface area contributed by atoms with Crippen LogP contribution in [0.5, 0.6) is 11.5 Å². The van der Waals surface area contributed by atoms with E-state index in [9.17, 15) is 4.79 Å². The van der Waals surface area contributed by atoms with Gasteiger partial charge in [-0.2, -0.15) is 15.1 Å². The minimum atomic E-state index is -0.450. The van der Waals surface area contributed by atoms with Crippen LogP contribution in [0.25, 0.3) is 6.08 Å². The lowest BCUT2D eigenvalue weighted by Crippen LogP contribution is -2.35. The molecule has 2 aliphatic heterocycles. The summed E-state index contributed by atoms with van der Waals surface area (Å²) < 4.78 is 11.6. The van der Waals surface area contributed by atoms with Crippen LogP contribution in [0.4, 0.5) is 0 Å². The Bertz CT molecular complexity index is 1460. The van der Waals surface area contributed by atoms with Crippen molar-refractivity contribution in [2.45, 2.75) is 33.1 Å². The van der Waals surface area contributed by atoms with Crippen LogP contribution >= 0.6 is 11.8 Å². The number of hydrazone groups is 1. The zero-order valence-electron chi connectivity index (χ0n) is 22.2. The van der Waals surface area contributed by atoms with Crippen LogP contribution in [0.3, 0.4) is 0 Å². The number of amidine groups is 2. The molecule has 7 nitrogen and oxygen atoms in total. The first-order chi connectivity index (χ1) is 18.9. The van der Waals surface area contributed by atoms with Crippen molar-refractivity contribution in [1.29, 1.82) is 5.41 Å². The average Bonchev–Trinajstić information content (AvgIpc) is 3.38. The van der Waals surface area contributed by atoms with Crippen molar-refractivity contribution < 1.29 is 14.3 Å². The fourth-order valence-electron chi connectivity index (χ4n) is 4.08. The summed E-state index contributed by atoms with van der Waals surface area (Å²) in [5.74, 6) is 1.62. The molecule has 0 saturated heterocycles. The maximum atomic E-state index is 12.7. The zero-order chi connectivity index (χ0) is 27.4. The van der Waals surface area contributed by atoms with Gasteiger partial charge in [0, 0.05) is 5.56 Å². The average molecular weight is 539 g/mol. The van der Waals surface area contributed by atoms with Crippen LogP contribution in [-0.2, 0) is 4.79 Å². The minimum Gasteiger partial charge on any atom is -0.490 e. The molecule has 0 aliphatic carbocycles. The highest BCUT2D eigenvalue weighted by molar-refractivity contribution is 8.27. The monoisotopic (exact) mass is 538 g/mol. The molecule has 1 atom stereocenters. The van der Waals surface area contributed by atoms with Gasteiger partial charge in [0.1, 0.15) is 29.8 Å². The summed E-state index contributed by atoms with van der Waals surface area (Å²) in [6.07, 6.45) is 2.77. The first kappa shape index (κ1) is 26.4. The molecule has 198 valence electrons. The van der Waals surface area contributed by atoms with Gasteiger partial charge in [-0.1, -0.05) is 67.9 Å². The summed E-state index contributed by atoms with van der Waals surface area (Å²) in [6.45, 7) is 7.26. The largest absolute Gasteiger partial charge is 0.490 e. The summed E-state index contributed by atoms with van der Waals surface area (Å²) in [5.41, 5.74) is 4.34. The fraction of sp³-hybridized carbons (Fsp3) is 0.226. The Kier molecular flexibility index (Phi) is 7.93. The Balaban J connectivity index is 1.17. The highest BCUT2D eigenvalue weighted by Gasteiger charge is 2.36. The number of benzene rings is 3. The Labute approximate surface area is 232 Å². The molecule has 0 saturated carbocycles. The molecule has 2 aliphatic rings. The van der Waals surface area contributed by atoms with E-state index in [-0.39, 0.29) is 11.4 Å².